The molecule has 0 saturated carbocycles. The molecule has 1 fully saturated rings. The maximum Gasteiger partial charge on any atom is 0.326 e. The number of anilines is 3. The number of likely N-dealkylation sites (N-methyl/N-ethyl adjacent to an activating group) is 1. The summed E-state index contributed by atoms with van der Waals surface area (Å²) in [6.07, 6.45) is 0.849. The molecule has 7 heteroatoms. The number of hydrogen-bond acceptors (Lipinski definition) is 3. The second-order valence-electron chi connectivity index (χ2n) is 8.01. The van der Waals surface area contributed by atoms with E-state index < -0.39 is 0 Å². The molecule has 0 bridgehead atoms. The maximum atomic E-state index is 13.0. The van der Waals surface area contributed by atoms with Crippen LogP contribution in [0.25, 0.3) is 0 Å². The van der Waals surface area contributed by atoms with Gasteiger partial charge < -0.3 is 10.2 Å². The molecule has 0 radical (unpaired) electrons. The first-order valence-corrected chi connectivity index (χ1v) is 10.7. The SMILES string of the molecule is CC1CN(c2ccc3c(c2)N(C(=O)Nc2cccc(Cl)c2Cl)CC3)CC(C)N1C. The fraction of sp³-hybridized carbons (Fsp3) is 0.409. The number of nitrogens with zero attached hydrogens (tertiary/aromatic N) is 3. The summed E-state index contributed by atoms with van der Waals surface area (Å²) in [5.74, 6) is 0. The van der Waals surface area contributed by atoms with Crippen LogP contribution in [0.1, 0.15) is 19.4 Å². The van der Waals surface area contributed by atoms with Gasteiger partial charge in [0, 0.05) is 37.4 Å². The number of carbonyl (C=O) groups excluding carboxylic acids is 1. The van der Waals surface area contributed by atoms with Gasteiger partial charge in [-0.2, -0.15) is 0 Å². The highest BCUT2D eigenvalue weighted by Gasteiger charge is 2.29. The number of rotatable bonds is 2. The first-order valence-electron chi connectivity index (χ1n) is 9.97. The Balaban J connectivity index is 1.56. The molecule has 1 saturated heterocycles. The molecule has 2 aromatic carbocycles. The van der Waals surface area contributed by atoms with Crippen LogP contribution in [0.3, 0.4) is 0 Å². The summed E-state index contributed by atoms with van der Waals surface area (Å²) in [5, 5.41) is 3.68. The van der Waals surface area contributed by atoms with Gasteiger partial charge in [0.05, 0.1) is 21.4 Å². The van der Waals surface area contributed by atoms with Crippen molar-refractivity contribution in [2.75, 3.05) is 41.8 Å². The Bertz CT molecular complexity index is 923. The molecule has 0 spiro atoms. The molecule has 2 atom stereocenters. The smallest absolute Gasteiger partial charge is 0.326 e. The van der Waals surface area contributed by atoms with E-state index in [1.165, 1.54) is 5.56 Å². The van der Waals surface area contributed by atoms with E-state index >= 15 is 0 Å². The molecular weight excluding hydrogens is 407 g/mol. The van der Waals surface area contributed by atoms with Gasteiger partial charge in [-0.1, -0.05) is 35.3 Å². The van der Waals surface area contributed by atoms with Gasteiger partial charge in [0.15, 0.2) is 0 Å². The van der Waals surface area contributed by atoms with Crippen molar-refractivity contribution in [2.24, 2.45) is 0 Å². The second kappa shape index (κ2) is 8.05. The number of carbonyl (C=O) groups is 1. The molecule has 5 nitrogen and oxygen atoms in total. The maximum absolute atomic E-state index is 13.0. The van der Waals surface area contributed by atoms with Gasteiger partial charge in [0.25, 0.3) is 0 Å². The lowest BCUT2D eigenvalue weighted by molar-refractivity contribution is 0.170. The van der Waals surface area contributed by atoms with Gasteiger partial charge in [-0.15, -0.1) is 0 Å². The highest BCUT2D eigenvalue weighted by atomic mass is 35.5. The van der Waals surface area contributed by atoms with Crippen LogP contribution in [0.15, 0.2) is 36.4 Å². The van der Waals surface area contributed by atoms with Gasteiger partial charge >= 0.3 is 6.03 Å². The molecule has 0 aromatic heterocycles. The lowest BCUT2D eigenvalue weighted by atomic mass is 10.1. The summed E-state index contributed by atoms with van der Waals surface area (Å²) in [6.45, 7) is 7.11. The van der Waals surface area contributed by atoms with Gasteiger partial charge in [-0.3, -0.25) is 9.80 Å². The van der Waals surface area contributed by atoms with E-state index in [2.05, 4.69) is 54.2 Å². The Morgan fingerprint density at radius 1 is 1.10 bits per heavy atom. The number of hydrogen-bond donors (Lipinski definition) is 1. The van der Waals surface area contributed by atoms with Gasteiger partial charge in [-0.25, -0.2) is 4.79 Å². The number of fused-ring (bicyclic) bond motifs is 1. The highest BCUT2D eigenvalue weighted by Crippen LogP contribution is 2.35. The first kappa shape index (κ1) is 20.3. The zero-order valence-electron chi connectivity index (χ0n) is 17.0. The fourth-order valence-corrected chi connectivity index (χ4v) is 4.52. The van der Waals surface area contributed by atoms with Crippen molar-refractivity contribution in [1.29, 1.82) is 0 Å². The number of benzene rings is 2. The van der Waals surface area contributed by atoms with Crippen LogP contribution in [0, 0.1) is 0 Å². The Hall–Kier alpha value is -1.95. The van der Waals surface area contributed by atoms with Crippen LogP contribution < -0.4 is 15.1 Å². The van der Waals surface area contributed by atoms with Crippen LogP contribution >= 0.6 is 23.2 Å². The molecule has 29 heavy (non-hydrogen) atoms. The molecule has 2 heterocycles. The van der Waals surface area contributed by atoms with Crippen LogP contribution in [0.2, 0.25) is 10.0 Å². The fourth-order valence-electron chi connectivity index (χ4n) is 4.17. The minimum absolute atomic E-state index is 0.190. The van der Waals surface area contributed by atoms with Crippen molar-refractivity contribution >= 4 is 46.3 Å². The minimum atomic E-state index is -0.190. The predicted octanol–water partition coefficient (Wildman–Crippen LogP) is 5.12. The summed E-state index contributed by atoms with van der Waals surface area (Å²) in [7, 11) is 2.18. The van der Waals surface area contributed by atoms with E-state index in [0.717, 1.165) is 30.9 Å². The second-order valence-corrected chi connectivity index (χ2v) is 8.80. The van der Waals surface area contributed by atoms with E-state index in [0.29, 0.717) is 34.4 Å². The summed E-state index contributed by atoms with van der Waals surface area (Å²) < 4.78 is 0. The molecule has 2 unspecified atom stereocenters. The molecule has 2 aliphatic heterocycles. The van der Waals surface area contributed by atoms with E-state index in [1.807, 2.05) is 0 Å². The zero-order valence-corrected chi connectivity index (χ0v) is 18.5. The molecule has 2 aromatic rings. The first-order chi connectivity index (χ1) is 13.8. The number of nitrogens with one attached hydrogen (secondary N) is 1. The van der Waals surface area contributed by atoms with Gasteiger partial charge in [0.1, 0.15) is 0 Å². The minimum Gasteiger partial charge on any atom is -0.368 e. The summed E-state index contributed by atoms with van der Waals surface area (Å²) in [4.78, 5) is 19.6. The summed E-state index contributed by atoms with van der Waals surface area (Å²) in [5.41, 5.74) is 3.85. The standard InChI is InChI=1S/C22H26Cl2N4O/c1-14-12-27(13-15(2)26(14)3)17-8-7-16-9-10-28(20(16)11-17)22(29)25-19-6-4-5-18(23)21(19)24/h4-8,11,14-15H,9-10,12-13H2,1-3H3,(H,25,29). The molecule has 0 aliphatic carbocycles. The quantitative estimate of drug-likeness (QED) is 0.715. The van der Waals surface area contributed by atoms with Crippen molar-refractivity contribution in [3.05, 3.63) is 52.0 Å². The Kier molecular flexibility index (Phi) is 5.65. The lowest BCUT2D eigenvalue weighted by Gasteiger charge is -2.43. The van der Waals surface area contributed by atoms with Gasteiger partial charge in [0.2, 0.25) is 0 Å². The van der Waals surface area contributed by atoms with Crippen LogP contribution in [-0.4, -0.2) is 49.7 Å². The van der Waals surface area contributed by atoms with Crippen LogP contribution in [-0.2, 0) is 6.42 Å². The largest absolute Gasteiger partial charge is 0.368 e. The van der Waals surface area contributed by atoms with Crippen molar-refractivity contribution in [2.45, 2.75) is 32.4 Å². The monoisotopic (exact) mass is 432 g/mol. The number of halogens is 2. The molecule has 2 amide bonds. The van der Waals surface area contributed by atoms with E-state index in [4.69, 9.17) is 23.2 Å². The lowest BCUT2D eigenvalue weighted by Crippen LogP contribution is -2.55. The van der Waals surface area contributed by atoms with E-state index in [9.17, 15) is 4.79 Å². The Labute approximate surface area is 182 Å². The number of piperazine rings is 1. The van der Waals surface area contributed by atoms with Crippen molar-refractivity contribution < 1.29 is 4.79 Å². The van der Waals surface area contributed by atoms with E-state index in [1.54, 1.807) is 23.1 Å². The average Bonchev–Trinajstić information content (AvgIpc) is 3.12. The molecule has 4 rings (SSSR count). The zero-order chi connectivity index (χ0) is 20.7. The molecule has 2 aliphatic rings. The van der Waals surface area contributed by atoms with Crippen molar-refractivity contribution in [1.82, 2.24) is 4.90 Å². The molecule has 1 N–H and O–H groups in total. The van der Waals surface area contributed by atoms with Crippen LogP contribution in [0.5, 0.6) is 0 Å². The predicted molar refractivity (Wildman–Crippen MR) is 122 cm³/mol. The summed E-state index contributed by atoms with van der Waals surface area (Å²) in [6, 6.07) is 12.5. The molecular formula is C22H26Cl2N4O. The third-order valence-corrected chi connectivity index (χ3v) is 6.95. The third kappa shape index (κ3) is 3.91. The topological polar surface area (TPSA) is 38.8 Å². The highest BCUT2D eigenvalue weighted by molar-refractivity contribution is 6.44. The van der Waals surface area contributed by atoms with Crippen LogP contribution in [0.4, 0.5) is 21.9 Å². The van der Waals surface area contributed by atoms with Gasteiger partial charge in [-0.05, 0) is 57.1 Å². The Morgan fingerprint density at radius 3 is 2.55 bits per heavy atom. The third-order valence-electron chi connectivity index (χ3n) is 6.13. The average molecular weight is 433 g/mol. The number of amides is 2. The molecule has 154 valence electrons. The summed E-state index contributed by atoms with van der Waals surface area (Å²) >= 11 is 12.3. The number of urea groups is 1. The normalized spacial score (nSPS) is 22.0. The van der Waals surface area contributed by atoms with Crippen molar-refractivity contribution in [3.63, 3.8) is 0 Å². The van der Waals surface area contributed by atoms with Crippen molar-refractivity contribution in [3.8, 4) is 0 Å². The Morgan fingerprint density at radius 2 is 1.83 bits per heavy atom. The van der Waals surface area contributed by atoms with E-state index in [-0.39, 0.29) is 6.03 Å².